The van der Waals surface area contributed by atoms with E-state index in [2.05, 4.69) is 75.5 Å². The molecule has 4 rings (SSSR count). The summed E-state index contributed by atoms with van der Waals surface area (Å²) in [4.78, 5) is 4.04. The molecule has 0 aliphatic carbocycles. The maximum Gasteiger partial charge on any atom is 0.181 e. The Kier molecular flexibility index (Phi) is 3.28. The second-order valence-electron chi connectivity index (χ2n) is 5.08. The van der Waals surface area contributed by atoms with Gasteiger partial charge < -0.3 is 4.42 Å². The van der Waals surface area contributed by atoms with E-state index in [-0.39, 0.29) is 0 Å². The van der Waals surface area contributed by atoms with Crippen LogP contribution < -0.4 is 0 Å². The van der Waals surface area contributed by atoms with Gasteiger partial charge in [-0.25, -0.2) is 4.98 Å². The lowest BCUT2D eigenvalue weighted by Crippen LogP contribution is -1.86. The smallest absolute Gasteiger partial charge is 0.181 e. The topological polar surface area (TPSA) is 26.0 Å². The molecule has 3 aromatic carbocycles. The van der Waals surface area contributed by atoms with Crippen molar-refractivity contribution in [2.75, 3.05) is 0 Å². The highest BCUT2D eigenvalue weighted by molar-refractivity contribution is 9.10. The Labute approximate surface area is 136 Å². The van der Waals surface area contributed by atoms with Gasteiger partial charge in [0.2, 0.25) is 0 Å². The van der Waals surface area contributed by atoms with Gasteiger partial charge in [-0.1, -0.05) is 58.4 Å². The molecule has 106 valence electrons. The summed E-state index contributed by atoms with van der Waals surface area (Å²) in [7, 11) is 0. The van der Waals surface area contributed by atoms with E-state index in [0.29, 0.717) is 0 Å². The van der Waals surface area contributed by atoms with Crippen LogP contribution in [-0.2, 0) is 0 Å². The van der Waals surface area contributed by atoms with Crippen LogP contribution in [-0.4, -0.2) is 4.98 Å². The van der Waals surface area contributed by atoms with Gasteiger partial charge >= 0.3 is 0 Å². The van der Waals surface area contributed by atoms with Crippen LogP contribution in [0.15, 0.2) is 82.1 Å². The third-order valence-corrected chi connectivity index (χ3v) is 4.25. The van der Waals surface area contributed by atoms with Gasteiger partial charge in [-0.2, -0.15) is 0 Å². The molecular weight excluding hydrogens is 338 g/mol. The van der Waals surface area contributed by atoms with E-state index in [1.165, 1.54) is 22.7 Å². The average Bonchev–Trinajstić information content (AvgIpc) is 3.08. The first kappa shape index (κ1) is 13.3. The SMILES string of the molecule is Brc1ccc(-c2cnco2)c(-c2cccc3ccccc23)c1. The molecular formula is C19H12BrNO. The number of fused-ring (bicyclic) bond motifs is 1. The number of oxazole rings is 1. The number of halogens is 1. The minimum absolute atomic E-state index is 0.774. The van der Waals surface area contributed by atoms with E-state index in [1.54, 1.807) is 6.20 Å². The van der Waals surface area contributed by atoms with Crippen molar-refractivity contribution in [3.8, 4) is 22.5 Å². The van der Waals surface area contributed by atoms with Crippen LogP contribution in [0.2, 0.25) is 0 Å². The van der Waals surface area contributed by atoms with E-state index in [0.717, 1.165) is 21.4 Å². The molecule has 0 saturated carbocycles. The van der Waals surface area contributed by atoms with E-state index < -0.39 is 0 Å². The highest BCUT2D eigenvalue weighted by Crippen LogP contribution is 2.37. The van der Waals surface area contributed by atoms with Crippen molar-refractivity contribution in [3.63, 3.8) is 0 Å². The fraction of sp³-hybridized carbons (Fsp3) is 0. The minimum atomic E-state index is 0.774. The van der Waals surface area contributed by atoms with Crippen LogP contribution in [0.25, 0.3) is 33.2 Å². The fourth-order valence-electron chi connectivity index (χ4n) is 2.76. The van der Waals surface area contributed by atoms with Crippen LogP contribution in [0.1, 0.15) is 0 Å². The summed E-state index contributed by atoms with van der Waals surface area (Å²) in [5.41, 5.74) is 3.35. The van der Waals surface area contributed by atoms with Crippen molar-refractivity contribution in [1.29, 1.82) is 0 Å². The molecule has 0 bridgehead atoms. The minimum Gasteiger partial charge on any atom is -0.443 e. The van der Waals surface area contributed by atoms with Crippen molar-refractivity contribution in [1.82, 2.24) is 4.98 Å². The van der Waals surface area contributed by atoms with Gasteiger partial charge in [0.05, 0.1) is 6.20 Å². The molecule has 0 unspecified atom stereocenters. The third-order valence-electron chi connectivity index (χ3n) is 3.76. The second kappa shape index (κ2) is 5.43. The zero-order valence-electron chi connectivity index (χ0n) is 11.7. The van der Waals surface area contributed by atoms with Gasteiger partial charge in [-0.15, -0.1) is 0 Å². The Morgan fingerprint density at radius 3 is 2.55 bits per heavy atom. The molecule has 0 saturated heterocycles. The van der Waals surface area contributed by atoms with Gasteiger partial charge in [0.1, 0.15) is 0 Å². The number of rotatable bonds is 2. The Morgan fingerprint density at radius 2 is 1.68 bits per heavy atom. The van der Waals surface area contributed by atoms with E-state index in [1.807, 2.05) is 6.07 Å². The molecule has 0 N–H and O–H groups in total. The van der Waals surface area contributed by atoms with E-state index in [9.17, 15) is 0 Å². The van der Waals surface area contributed by atoms with Crippen molar-refractivity contribution in [2.45, 2.75) is 0 Å². The molecule has 0 spiro atoms. The standard InChI is InChI=1S/C19H12BrNO/c20-14-8-9-17(19-11-21-12-22-19)18(10-14)16-7-3-5-13-4-1-2-6-15(13)16/h1-12H. The number of nitrogens with zero attached hydrogens (tertiary/aromatic N) is 1. The molecule has 0 aliphatic heterocycles. The maximum atomic E-state index is 5.51. The maximum absolute atomic E-state index is 5.51. The predicted octanol–water partition coefficient (Wildman–Crippen LogP) is 5.92. The Bertz CT molecular complexity index is 939. The average molecular weight is 350 g/mol. The van der Waals surface area contributed by atoms with Gasteiger partial charge in [-0.05, 0) is 40.1 Å². The lowest BCUT2D eigenvalue weighted by atomic mass is 9.94. The summed E-state index contributed by atoms with van der Waals surface area (Å²) < 4.78 is 6.55. The summed E-state index contributed by atoms with van der Waals surface area (Å²) >= 11 is 3.57. The fourth-order valence-corrected chi connectivity index (χ4v) is 3.12. The molecule has 22 heavy (non-hydrogen) atoms. The van der Waals surface area contributed by atoms with E-state index >= 15 is 0 Å². The number of hydrogen-bond acceptors (Lipinski definition) is 2. The van der Waals surface area contributed by atoms with Crippen LogP contribution in [0.5, 0.6) is 0 Å². The molecule has 0 aliphatic rings. The zero-order chi connectivity index (χ0) is 14.9. The molecule has 3 heteroatoms. The van der Waals surface area contributed by atoms with Crippen LogP contribution in [0.3, 0.4) is 0 Å². The molecule has 0 radical (unpaired) electrons. The summed E-state index contributed by atoms with van der Waals surface area (Å²) in [6.45, 7) is 0. The van der Waals surface area contributed by atoms with Gasteiger partial charge in [0.15, 0.2) is 12.2 Å². The largest absolute Gasteiger partial charge is 0.443 e. The molecule has 1 aromatic heterocycles. The quantitative estimate of drug-likeness (QED) is 0.448. The first-order valence-corrected chi connectivity index (χ1v) is 7.79. The second-order valence-corrected chi connectivity index (χ2v) is 6.00. The summed E-state index contributed by atoms with van der Waals surface area (Å²) in [6.07, 6.45) is 3.21. The monoisotopic (exact) mass is 349 g/mol. The van der Waals surface area contributed by atoms with Crippen molar-refractivity contribution in [2.24, 2.45) is 0 Å². The molecule has 1 heterocycles. The van der Waals surface area contributed by atoms with Gasteiger partial charge in [0, 0.05) is 10.0 Å². The number of benzene rings is 3. The van der Waals surface area contributed by atoms with Crippen LogP contribution >= 0.6 is 15.9 Å². The first-order valence-electron chi connectivity index (χ1n) is 6.99. The zero-order valence-corrected chi connectivity index (χ0v) is 13.2. The predicted molar refractivity (Wildman–Crippen MR) is 92.6 cm³/mol. The normalized spacial score (nSPS) is 11.0. The Morgan fingerprint density at radius 1 is 0.818 bits per heavy atom. The Balaban J connectivity index is 2.04. The summed E-state index contributed by atoms with van der Waals surface area (Å²) in [5, 5.41) is 2.45. The lowest BCUT2D eigenvalue weighted by Gasteiger charge is -2.11. The van der Waals surface area contributed by atoms with Gasteiger partial charge in [0.25, 0.3) is 0 Å². The Hall–Kier alpha value is -2.39. The molecule has 0 amide bonds. The van der Waals surface area contributed by atoms with Crippen molar-refractivity contribution in [3.05, 3.63) is 77.7 Å². The first-order chi connectivity index (χ1) is 10.8. The van der Waals surface area contributed by atoms with Gasteiger partial charge in [-0.3, -0.25) is 0 Å². The number of aromatic nitrogens is 1. The highest BCUT2D eigenvalue weighted by Gasteiger charge is 2.13. The van der Waals surface area contributed by atoms with Crippen LogP contribution in [0, 0.1) is 0 Å². The van der Waals surface area contributed by atoms with E-state index in [4.69, 9.17) is 4.42 Å². The third kappa shape index (κ3) is 2.24. The van der Waals surface area contributed by atoms with Crippen LogP contribution in [0.4, 0.5) is 0 Å². The lowest BCUT2D eigenvalue weighted by molar-refractivity contribution is 0.572. The van der Waals surface area contributed by atoms with Crippen molar-refractivity contribution < 1.29 is 4.42 Å². The molecule has 0 atom stereocenters. The number of hydrogen-bond donors (Lipinski definition) is 0. The highest BCUT2D eigenvalue weighted by atomic mass is 79.9. The molecule has 2 nitrogen and oxygen atoms in total. The molecule has 4 aromatic rings. The molecule has 0 fully saturated rings. The summed E-state index contributed by atoms with van der Waals surface area (Å²) in [5.74, 6) is 0.774. The van der Waals surface area contributed by atoms with Crippen molar-refractivity contribution >= 4 is 26.7 Å². The summed E-state index contributed by atoms with van der Waals surface area (Å²) in [6, 6.07) is 21.0.